The van der Waals surface area contributed by atoms with Gasteiger partial charge in [0.1, 0.15) is 0 Å². The number of aromatic nitrogens is 1. The fraction of sp³-hybridized carbons (Fsp3) is 0.0870. The molecule has 1 heterocycles. The highest BCUT2D eigenvalue weighted by Gasteiger charge is 2.09. The van der Waals surface area contributed by atoms with Crippen LogP contribution in [0.25, 0.3) is 22.1 Å². The first kappa shape index (κ1) is 18.4. The molecule has 0 unspecified atom stereocenters. The second-order valence-corrected chi connectivity index (χ2v) is 6.56. The van der Waals surface area contributed by atoms with Crippen LogP contribution in [0.2, 0.25) is 0 Å². The summed E-state index contributed by atoms with van der Waals surface area (Å²) >= 11 is 0. The molecule has 0 spiro atoms. The summed E-state index contributed by atoms with van der Waals surface area (Å²) in [4.78, 5) is 28.4. The van der Waals surface area contributed by atoms with Crippen LogP contribution < -0.4 is 10.6 Å². The number of benzene rings is 3. The molecule has 0 aliphatic carbocycles. The van der Waals surface area contributed by atoms with E-state index in [2.05, 4.69) is 15.6 Å². The topological polar surface area (TPSA) is 84.2 Å². The summed E-state index contributed by atoms with van der Waals surface area (Å²) in [5.74, 6) is 0.248. The number of carbonyl (C=O) groups excluding carboxylic acids is 2. The molecule has 6 heteroatoms. The normalized spacial score (nSPS) is 10.6. The van der Waals surface area contributed by atoms with Crippen molar-refractivity contribution in [2.75, 3.05) is 11.9 Å². The average Bonchev–Trinajstić information content (AvgIpc) is 3.28. The average molecular weight is 385 g/mol. The van der Waals surface area contributed by atoms with Gasteiger partial charge in [-0.25, -0.2) is 4.98 Å². The zero-order chi connectivity index (χ0) is 20.1. The molecule has 0 saturated carbocycles. The van der Waals surface area contributed by atoms with Crippen molar-refractivity contribution in [2.45, 2.75) is 6.42 Å². The van der Waals surface area contributed by atoms with Crippen molar-refractivity contribution in [1.82, 2.24) is 10.3 Å². The van der Waals surface area contributed by atoms with E-state index in [0.717, 1.165) is 16.3 Å². The van der Waals surface area contributed by atoms with E-state index < -0.39 is 0 Å². The molecule has 1 aromatic heterocycles. The molecule has 4 aromatic rings. The Labute approximate surface area is 167 Å². The Morgan fingerprint density at radius 1 is 0.931 bits per heavy atom. The van der Waals surface area contributed by atoms with Gasteiger partial charge in [0, 0.05) is 29.8 Å². The number of carbonyl (C=O) groups is 2. The molecular weight excluding hydrogens is 366 g/mol. The first-order valence-corrected chi connectivity index (χ1v) is 9.25. The van der Waals surface area contributed by atoms with Gasteiger partial charge in [0.15, 0.2) is 12.2 Å². The maximum Gasteiger partial charge on any atom is 0.251 e. The number of rotatable bonds is 6. The van der Waals surface area contributed by atoms with E-state index in [1.54, 1.807) is 18.3 Å². The van der Waals surface area contributed by atoms with Gasteiger partial charge in [0.05, 0.1) is 6.20 Å². The molecule has 2 N–H and O–H groups in total. The largest absolute Gasteiger partial charge is 0.444 e. The number of amides is 2. The van der Waals surface area contributed by atoms with E-state index >= 15 is 0 Å². The van der Waals surface area contributed by atoms with Crippen molar-refractivity contribution < 1.29 is 14.0 Å². The van der Waals surface area contributed by atoms with Crippen molar-refractivity contribution in [1.29, 1.82) is 0 Å². The van der Waals surface area contributed by atoms with E-state index in [9.17, 15) is 9.59 Å². The predicted molar refractivity (Wildman–Crippen MR) is 111 cm³/mol. The van der Waals surface area contributed by atoms with Gasteiger partial charge in [-0.2, -0.15) is 0 Å². The smallest absolute Gasteiger partial charge is 0.251 e. The summed E-state index contributed by atoms with van der Waals surface area (Å²) in [5, 5.41) is 7.70. The van der Waals surface area contributed by atoms with E-state index in [4.69, 9.17) is 4.42 Å². The number of anilines is 1. The van der Waals surface area contributed by atoms with Crippen LogP contribution in [0, 0.1) is 0 Å². The van der Waals surface area contributed by atoms with Crippen LogP contribution in [-0.2, 0) is 4.79 Å². The summed E-state index contributed by atoms with van der Waals surface area (Å²) in [6.45, 7) is 0.249. The lowest BCUT2D eigenvalue weighted by molar-refractivity contribution is -0.116. The molecular formula is C23H19N3O3. The van der Waals surface area contributed by atoms with Crippen molar-refractivity contribution >= 4 is 28.3 Å². The van der Waals surface area contributed by atoms with Gasteiger partial charge in [0.25, 0.3) is 5.91 Å². The number of hydrogen-bond donors (Lipinski definition) is 2. The van der Waals surface area contributed by atoms with Crippen molar-refractivity contribution in [3.8, 4) is 11.3 Å². The monoisotopic (exact) mass is 385 g/mol. The summed E-state index contributed by atoms with van der Waals surface area (Å²) in [6, 6.07) is 20.7. The molecule has 29 heavy (non-hydrogen) atoms. The fourth-order valence-electron chi connectivity index (χ4n) is 3.05. The van der Waals surface area contributed by atoms with Crippen molar-refractivity contribution in [3.05, 3.63) is 84.9 Å². The predicted octanol–water partition coefficient (Wildman–Crippen LogP) is 4.25. The summed E-state index contributed by atoms with van der Waals surface area (Å²) in [7, 11) is 0. The highest BCUT2D eigenvalue weighted by molar-refractivity contribution is 5.99. The van der Waals surface area contributed by atoms with Gasteiger partial charge in [-0.05, 0) is 35.0 Å². The molecule has 3 aromatic carbocycles. The number of hydrogen-bond acceptors (Lipinski definition) is 4. The minimum Gasteiger partial charge on any atom is -0.444 e. The lowest BCUT2D eigenvalue weighted by Crippen LogP contribution is -2.27. The van der Waals surface area contributed by atoms with Gasteiger partial charge < -0.3 is 15.1 Å². The van der Waals surface area contributed by atoms with Crippen LogP contribution in [0.1, 0.15) is 16.8 Å². The van der Waals surface area contributed by atoms with Crippen molar-refractivity contribution in [2.24, 2.45) is 0 Å². The number of oxazole rings is 1. The van der Waals surface area contributed by atoms with Gasteiger partial charge in [-0.1, -0.05) is 42.5 Å². The van der Waals surface area contributed by atoms with Gasteiger partial charge in [0.2, 0.25) is 5.91 Å². The van der Waals surface area contributed by atoms with E-state index in [-0.39, 0.29) is 24.8 Å². The lowest BCUT2D eigenvalue weighted by Gasteiger charge is -2.08. The highest BCUT2D eigenvalue weighted by Crippen LogP contribution is 2.22. The maximum absolute atomic E-state index is 12.3. The molecule has 0 bridgehead atoms. The van der Waals surface area contributed by atoms with Crippen molar-refractivity contribution in [3.63, 3.8) is 0 Å². The summed E-state index contributed by atoms with van der Waals surface area (Å²) in [6.07, 6.45) is 3.15. The molecule has 0 radical (unpaired) electrons. The Morgan fingerprint density at radius 3 is 2.62 bits per heavy atom. The quantitative estimate of drug-likeness (QED) is 0.520. The number of fused-ring (bicyclic) bond motifs is 1. The third kappa shape index (κ3) is 4.50. The molecule has 0 atom stereocenters. The molecule has 6 nitrogen and oxygen atoms in total. The van der Waals surface area contributed by atoms with Crippen LogP contribution in [0.15, 0.2) is 83.7 Å². The Balaban J connectivity index is 1.30. The first-order valence-electron chi connectivity index (χ1n) is 9.25. The molecule has 144 valence electrons. The molecule has 0 saturated heterocycles. The van der Waals surface area contributed by atoms with Gasteiger partial charge >= 0.3 is 0 Å². The van der Waals surface area contributed by atoms with Gasteiger partial charge in [-0.15, -0.1) is 0 Å². The van der Waals surface area contributed by atoms with Crippen LogP contribution in [0.5, 0.6) is 0 Å². The minimum atomic E-state index is -0.198. The van der Waals surface area contributed by atoms with Gasteiger partial charge in [-0.3, -0.25) is 9.59 Å². The van der Waals surface area contributed by atoms with Crippen LogP contribution in [-0.4, -0.2) is 23.3 Å². The van der Waals surface area contributed by atoms with Crippen LogP contribution in [0.4, 0.5) is 5.69 Å². The number of nitrogens with zero attached hydrogens (tertiary/aromatic N) is 1. The minimum absolute atomic E-state index is 0.172. The third-order valence-corrected chi connectivity index (χ3v) is 4.51. The molecule has 0 fully saturated rings. The zero-order valence-corrected chi connectivity index (χ0v) is 15.6. The molecule has 4 rings (SSSR count). The standard InChI is InChI=1S/C23H19N3O3/c27-22(26-20-7-3-6-18(13-20)21-14-24-15-29-21)10-11-25-23(28)19-9-8-16-4-1-2-5-17(16)12-19/h1-9,12-15H,10-11H2,(H,25,28)(H,26,27). The SMILES string of the molecule is O=C(CCNC(=O)c1ccc2ccccc2c1)Nc1cccc(-c2cnco2)c1. The summed E-state index contributed by atoms with van der Waals surface area (Å²) < 4.78 is 5.27. The lowest BCUT2D eigenvalue weighted by atomic mass is 10.1. The zero-order valence-electron chi connectivity index (χ0n) is 15.6. The first-order chi connectivity index (χ1) is 14.2. The Hall–Kier alpha value is -3.93. The van der Waals surface area contributed by atoms with Crippen LogP contribution >= 0.6 is 0 Å². The Kier molecular flexibility index (Phi) is 5.33. The van der Waals surface area contributed by atoms with E-state index in [1.165, 1.54) is 6.39 Å². The molecule has 2 amide bonds. The second-order valence-electron chi connectivity index (χ2n) is 6.56. The third-order valence-electron chi connectivity index (χ3n) is 4.51. The van der Waals surface area contributed by atoms with E-state index in [1.807, 2.05) is 54.6 Å². The Morgan fingerprint density at radius 2 is 1.79 bits per heavy atom. The van der Waals surface area contributed by atoms with Crippen LogP contribution in [0.3, 0.4) is 0 Å². The van der Waals surface area contributed by atoms with E-state index in [0.29, 0.717) is 17.0 Å². The fourth-order valence-corrected chi connectivity index (χ4v) is 3.05. The number of nitrogens with one attached hydrogen (secondary N) is 2. The highest BCUT2D eigenvalue weighted by atomic mass is 16.3. The molecule has 0 aliphatic heterocycles. The Bertz CT molecular complexity index is 1150. The molecule has 0 aliphatic rings. The maximum atomic E-state index is 12.3. The summed E-state index contributed by atoms with van der Waals surface area (Å²) in [5.41, 5.74) is 2.05. The second kappa shape index (κ2) is 8.39.